The van der Waals surface area contributed by atoms with Crippen LogP contribution in [0.4, 0.5) is 0 Å². The molecule has 0 bridgehead atoms. The van der Waals surface area contributed by atoms with Crippen LogP contribution in [0.15, 0.2) is 12.1 Å². The van der Waals surface area contributed by atoms with Gasteiger partial charge >= 0.3 is 0 Å². The molecule has 0 spiro atoms. The lowest BCUT2D eigenvalue weighted by Crippen LogP contribution is -2.00. The van der Waals surface area contributed by atoms with E-state index in [1.165, 1.54) is 14.0 Å². The molecule has 0 N–H and O–H groups in total. The van der Waals surface area contributed by atoms with Crippen molar-refractivity contribution in [1.82, 2.24) is 0 Å². The number of ketones is 1. The predicted octanol–water partition coefficient (Wildman–Crippen LogP) is 3.24. The lowest BCUT2D eigenvalue weighted by Gasteiger charge is -2.11. The maximum atomic E-state index is 11.3. The molecule has 0 unspecified atom stereocenters. The predicted molar refractivity (Wildman–Crippen MR) is 65.6 cm³/mol. The van der Waals surface area contributed by atoms with Gasteiger partial charge in [0, 0.05) is 0 Å². The Morgan fingerprint density at radius 3 is 2.06 bits per heavy atom. The monoisotopic (exact) mass is 224 g/mol. The SMILES string of the molecule is CC.COc1cc(C)cc(C(C)=O)c1OC. The zero-order valence-electron chi connectivity index (χ0n) is 10.9. The molecular weight excluding hydrogens is 204 g/mol. The Balaban J connectivity index is 0.00000106. The summed E-state index contributed by atoms with van der Waals surface area (Å²) in [5, 5.41) is 0. The molecule has 0 aliphatic carbocycles. The Bertz CT molecular complexity index is 356. The summed E-state index contributed by atoms with van der Waals surface area (Å²) in [4.78, 5) is 11.3. The summed E-state index contributed by atoms with van der Waals surface area (Å²) in [6.07, 6.45) is 0. The van der Waals surface area contributed by atoms with E-state index in [0.717, 1.165) is 5.56 Å². The van der Waals surface area contributed by atoms with Gasteiger partial charge in [-0.2, -0.15) is 0 Å². The molecule has 0 fully saturated rings. The van der Waals surface area contributed by atoms with E-state index in [1.807, 2.05) is 26.8 Å². The topological polar surface area (TPSA) is 35.5 Å². The highest BCUT2D eigenvalue weighted by molar-refractivity contribution is 5.97. The summed E-state index contributed by atoms with van der Waals surface area (Å²) < 4.78 is 10.3. The van der Waals surface area contributed by atoms with Crippen molar-refractivity contribution in [2.75, 3.05) is 14.2 Å². The highest BCUT2D eigenvalue weighted by Crippen LogP contribution is 2.32. The van der Waals surface area contributed by atoms with Gasteiger partial charge in [-0.05, 0) is 31.5 Å². The van der Waals surface area contributed by atoms with Gasteiger partial charge in [0.25, 0.3) is 0 Å². The molecule has 1 aromatic carbocycles. The van der Waals surface area contributed by atoms with Gasteiger partial charge < -0.3 is 9.47 Å². The standard InChI is InChI=1S/C11H14O3.C2H6/c1-7-5-9(8(2)12)11(14-4)10(6-7)13-3;1-2/h5-6H,1-4H3;1-2H3. The average molecular weight is 224 g/mol. The van der Waals surface area contributed by atoms with Gasteiger partial charge in [-0.3, -0.25) is 4.79 Å². The highest BCUT2D eigenvalue weighted by atomic mass is 16.5. The molecule has 3 nitrogen and oxygen atoms in total. The Morgan fingerprint density at radius 1 is 1.12 bits per heavy atom. The van der Waals surface area contributed by atoms with Gasteiger partial charge in [-0.15, -0.1) is 0 Å². The molecule has 0 aliphatic rings. The Hall–Kier alpha value is -1.51. The maximum Gasteiger partial charge on any atom is 0.171 e. The zero-order valence-corrected chi connectivity index (χ0v) is 10.9. The summed E-state index contributed by atoms with van der Waals surface area (Å²) in [5.41, 5.74) is 1.54. The summed E-state index contributed by atoms with van der Waals surface area (Å²) in [6.45, 7) is 7.42. The van der Waals surface area contributed by atoms with Crippen LogP contribution in [0.25, 0.3) is 0 Å². The summed E-state index contributed by atoms with van der Waals surface area (Å²) >= 11 is 0. The minimum atomic E-state index is -0.0242. The van der Waals surface area contributed by atoms with Crippen molar-refractivity contribution < 1.29 is 14.3 Å². The molecule has 3 heteroatoms. The van der Waals surface area contributed by atoms with Gasteiger partial charge in [0.2, 0.25) is 0 Å². The first-order valence-electron chi connectivity index (χ1n) is 5.33. The molecule has 0 amide bonds. The molecule has 0 heterocycles. The molecule has 0 aromatic heterocycles. The van der Waals surface area contributed by atoms with Gasteiger partial charge in [0.1, 0.15) is 0 Å². The fourth-order valence-electron chi connectivity index (χ4n) is 1.36. The second-order valence-electron chi connectivity index (χ2n) is 3.10. The van der Waals surface area contributed by atoms with Crippen LogP contribution < -0.4 is 9.47 Å². The lowest BCUT2D eigenvalue weighted by atomic mass is 10.1. The second-order valence-corrected chi connectivity index (χ2v) is 3.10. The molecule has 90 valence electrons. The third-order valence-corrected chi connectivity index (χ3v) is 2.00. The van der Waals surface area contributed by atoms with E-state index in [2.05, 4.69) is 0 Å². The Labute approximate surface area is 97.4 Å². The minimum absolute atomic E-state index is 0.0242. The van der Waals surface area contributed by atoms with E-state index in [9.17, 15) is 4.79 Å². The van der Waals surface area contributed by atoms with Crippen LogP contribution in [0.3, 0.4) is 0 Å². The fraction of sp³-hybridized carbons (Fsp3) is 0.462. The lowest BCUT2D eigenvalue weighted by molar-refractivity contribution is 0.101. The third kappa shape index (κ3) is 3.26. The van der Waals surface area contributed by atoms with Crippen LogP contribution >= 0.6 is 0 Å². The Kier molecular flexibility index (Phi) is 6.23. The molecule has 1 rings (SSSR count). The van der Waals surface area contributed by atoms with Gasteiger partial charge in [-0.25, -0.2) is 0 Å². The maximum absolute atomic E-state index is 11.3. The normalized spacial score (nSPS) is 8.88. The average Bonchev–Trinajstić information content (AvgIpc) is 2.30. The van der Waals surface area contributed by atoms with Crippen molar-refractivity contribution in [2.45, 2.75) is 27.7 Å². The molecule has 1 aromatic rings. The number of rotatable bonds is 3. The molecule has 0 atom stereocenters. The molecule has 0 radical (unpaired) electrons. The van der Waals surface area contributed by atoms with E-state index in [4.69, 9.17) is 9.47 Å². The van der Waals surface area contributed by atoms with Crippen LogP contribution in [0.2, 0.25) is 0 Å². The summed E-state index contributed by atoms with van der Waals surface area (Å²) in [7, 11) is 3.08. The molecular formula is C13H20O3. The van der Waals surface area contributed by atoms with Crippen LogP contribution in [0, 0.1) is 6.92 Å². The number of benzene rings is 1. The van der Waals surface area contributed by atoms with E-state index >= 15 is 0 Å². The van der Waals surface area contributed by atoms with Crippen molar-refractivity contribution in [3.8, 4) is 11.5 Å². The van der Waals surface area contributed by atoms with Crippen molar-refractivity contribution >= 4 is 5.78 Å². The smallest absolute Gasteiger partial charge is 0.171 e. The quantitative estimate of drug-likeness (QED) is 0.739. The number of carbonyl (C=O) groups is 1. The number of hydrogen-bond donors (Lipinski definition) is 0. The summed E-state index contributed by atoms with van der Waals surface area (Å²) in [5.74, 6) is 1.08. The molecule has 16 heavy (non-hydrogen) atoms. The number of aryl methyl sites for hydroxylation is 1. The Morgan fingerprint density at radius 2 is 1.69 bits per heavy atom. The van der Waals surface area contributed by atoms with Crippen molar-refractivity contribution in [1.29, 1.82) is 0 Å². The molecule has 0 saturated heterocycles. The first-order valence-corrected chi connectivity index (χ1v) is 5.33. The molecule has 0 saturated carbocycles. The summed E-state index contributed by atoms with van der Waals surface area (Å²) in [6, 6.07) is 3.63. The second kappa shape index (κ2) is 6.88. The fourth-order valence-corrected chi connectivity index (χ4v) is 1.36. The van der Waals surface area contributed by atoms with Crippen molar-refractivity contribution in [2.24, 2.45) is 0 Å². The largest absolute Gasteiger partial charge is 0.493 e. The van der Waals surface area contributed by atoms with Crippen molar-refractivity contribution in [3.63, 3.8) is 0 Å². The first kappa shape index (κ1) is 14.5. The van der Waals surface area contributed by atoms with E-state index in [1.54, 1.807) is 13.2 Å². The number of methoxy groups -OCH3 is 2. The van der Waals surface area contributed by atoms with Crippen LogP contribution in [0.5, 0.6) is 11.5 Å². The van der Waals surface area contributed by atoms with Gasteiger partial charge in [0.15, 0.2) is 17.3 Å². The zero-order chi connectivity index (χ0) is 12.7. The van der Waals surface area contributed by atoms with Crippen LogP contribution in [0.1, 0.15) is 36.7 Å². The van der Waals surface area contributed by atoms with Crippen LogP contribution in [-0.2, 0) is 0 Å². The minimum Gasteiger partial charge on any atom is -0.493 e. The number of ether oxygens (including phenoxy) is 2. The van der Waals surface area contributed by atoms with Crippen molar-refractivity contribution in [3.05, 3.63) is 23.3 Å². The van der Waals surface area contributed by atoms with E-state index < -0.39 is 0 Å². The van der Waals surface area contributed by atoms with E-state index in [0.29, 0.717) is 17.1 Å². The van der Waals surface area contributed by atoms with Gasteiger partial charge in [0.05, 0.1) is 19.8 Å². The number of hydrogen-bond acceptors (Lipinski definition) is 3. The third-order valence-electron chi connectivity index (χ3n) is 2.00. The number of Topliss-reactive ketones (excluding diaryl/α,β-unsaturated/α-hetero) is 1. The van der Waals surface area contributed by atoms with Gasteiger partial charge in [-0.1, -0.05) is 13.8 Å². The van der Waals surface area contributed by atoms with E-state index in [-0.39, 0.29) is 5.78 Å². The first-order chi connectivity index (χ1) is 7.60. The van der Waals surface area contributed by atoms with Crippen LogP contribution in [-0.4, -0.2) is 20.0 Å². The molecule has 0 aliphatic heterocycles. The number of carbonyl (C=O) groups excluding carboxylic acids is 1. The highest BCUT2D eigenvalue weighted by Gasteiger charge is 2.13.